The summed E-state index contributed by atoms with van der Waals surface area (Å²) in [4.78, 5) is 0. The largest absolute Gasteiger partial charge is 0.573 e. The van der Waals surface area contributed by atoms with E-state index in [-0.39, 0.29) is 24.2 Å². The molecule has 2 rings (SSSR count). The van der Waals surface area contributed by atoms with Crippen molar-refractivity contribution in [1.82, 2.24) is 5.32 Å². The molecule has 0 amide bonds. The normalized spacial score (nSPS) is 19.8. The molecule has 17 heavy (non-hydrogen) atoms. The molecule has 2 nitrogen and oxygen atoms in total. The second-order valence-corrected chi connectivity index (χ2v) is 3.73. The third-order valence-electron chi connectivity index (χ3n) is 2.58. The predicted octanol–water partition coefficient (Wildman–Crippen LogP) is 3.43. The monoisotopic (exact) mass is 267 g/mol. The van der Waals surface area contributed by atoms with E-state index in [9.17, 15) is 13.2 Å². The van der Waals surface area contributed by atoms with Crippen molar-refractivity contribution in [3.05, 3.63) is 29.8 Å². The van der Waals surface area contributed by atoms with E-state index in [0.29, 0.717) is 5.56 Å². The first-order valence-corrected chi connectivity index (χ1v) is 5.14. The molecule has 1 heterocycles. The molecule has 0 aromatic heterocycles. The third-order valence-corrected chi connectivity index (χ3v) is 2.58. The first kappa shape index (κ1) is 14.1. The number of benzene rings is 1. The smallest absolute Gasteiger partial charge is 0.405 e. The summed E-state index contributed by atoms with van der Waals surface area (Å²) in [7, 11) is 0. The number of hydrogen-bond acceptors (Lipinski definition) is 2. The standard InChI is InChI=1S/C11H12F3NO.ClH/c12-11(13,14)16-10-6-2-1-4-8(10)9-5-3-7-15-9;/h1-2,4,6,9,15H,3,5,7H2;1H/t9-;/m1./s1. The molecular weight excluding hydrogens is 255 g/mol. The van der Waals surface area contributed by atoms with Gasteiger partial charge in [0, 0.05) is 11.6 Å². The molecule has 1 aromatic carbocycles. The van der Waals surface area contributed by atoms with E-state index in [1.165, 1.54) is 6.07 Å². The number of ether oxygens (including phenoxy) is 1. The van der Waals surface area contributed by atoms with Gasteiger partial charge < -0.3 is 10.1 Å². The van der Waals surface area contributed by atoms with Crippen molar-refractivity contribution in [1.29, 1.82) is 0 Å². The minimum Gasteiger partial charge on any atom is -0.405 e. The summed E-state index contributed by atoms with van der Waals surface area (Å²) in [6, 6.07) is 6.25. The summed E-state index contributed by atoms with van der Waals surface area (Å²) in [5, 5.41) is 3.15. The highest BCUT2D eigenvalue weighted by Gasteiger charge is 2.33. The van der Waals surface area contributed by atoms with Crippen LogP contribution in [0.15, 0.2) is 24.3 Å². The zero-order valence-corrected chi connectivity index (χ0v) is 9.77. The minimum absolute atomic E-state index is 0. The van der Waals surface area contributed by atoms with Crippen molar-refractivity contribution in [3.63, 3.8) is 0 Å². The van der Waals surface area contributed by atoms with Crippen molar-refractivity contribution in [2.45, 2.75) is 25.2 Å². The SMILES string of the molecule is Cl.FC(F)(F)Oc1ccccc1[C@H]1CCCN1. The molecule has 96 valence electrons. The number of nitrogens with one attached hydrogen (secondary N) is 1. The molecule has 1 atom stereocenters. The van der Waals surface area contributed by atoms with Gasteiger partial charge in [-0.15, -0.1) is 25.6 Å². The van der Waals surface area contributed by atoms with Crippen molar-refractivity contribution in [2.24, 2.45) is 0 Å². The van der Waals surface area contributed by atoms with E-state index in [1.807, 2.05) is 0 Å². The first-order valence-electron chi connectivity index (χ1n) is 5.14. The van der Waals surface area contributed by atoms with Crippen LogP contribution in [0.1, 0.15) is 24.4 Å². The Kier molecular flexibility index (Phi) is 4.65. The Morgan fingerprint density at radius 3 is 2.53 bits per heavy atom. The second-order valence-electron chi connectivity index (χ2n) is 3.73. The van der Waals surface area contributed by atoms with E-state index >= 15 is 0 Å². The molecule has 6 heteroatoms. The molecule has 0 spiro atoms. The molecule has 0 saturated carbocycles. The fourth-order valence-corrected chi connectivity index (χ4v) is 1.94. The third kappa shape index (κ3) is 3.78. The molecule has 0 radical (unpaired) electrons. The van der Waals surface area contributed by atoms with Gasteiger partial charge in [-0.25, -0.2) is 0 Å². The summed E-state index contributed by atoms with van der Waals surface area (Å²) in [6.07, 6.45) is -2.81. The minimum atomic E-state index is -4.63. The van der Waals surface area contributed by atoms with Crippen LogP contribution >= 0.6 is 12.4 Å². The molecule has 1 saturated heterocycles. The Morgan fingerprint density at radius 1 is 1.24 bits per heavy atom. The highest BCUT2D eigenvalue weighted by Crippen LogP contribution is 2.33. The Bertz CT molecular complexity index is 364. The second kappa shape index (κ2) is 5.60. The molecule has 1 aliphatic heterocycles. The lowest BCUT2D eigenvalue weighted by Gasteiger charge is -2.17. The van der Waals surface area contributed by atoms with Crippen LogP contribution in [0, 0.1) is 0 Å². The maximum absolute atomic E-state index is 12.2. The van der Waals surface area contributed by atoms with Gasteiger partial charge in [0.05, 0.1) is 0 Å². The van der Waals surface area contributed by atoms with Gasteiger partial charge in [-0.2, -0.15) is 0 Å². The summed E-state index contributed by atoms with van der Waals surface area (Å²) >= 11 is 0. The van der Waals surface area contributed by atoms with Gasteiger partial charge in [-0.1, -0.05) is 18.2 Å². The molecule has 0 unspecified atom stereocenters. The van der Waals surface area contributed by atoms with Gasteiger partial charge in [0.25, 0.3) is 0 Å². The number of halogens is 4. The van der Waals surface area contributed by atoms with Crippen LogP contribution in [0.4, 0.5) is 13.2 Å². The highest BCUT2D eigenvalue weighted by atomic mass is 35.5. The fraction of sp³-hybridized carbons (Fsp3) is 0.455. The fourth-order valence-electron chi connectivity index (χ4n) is 1.94. The molecule has 1 aliphatic rings. The lowest BCUT2D eigenvalue weighted by Crippen LogP contribution is -2.20. The van der Waals surface area contributed by atoms with Crippen molar-refractivity contribution in [3.8, 4) is 5.75 Å². The molecule has 1 fully saturated rings. The van der Waals surface area contributed by atoms with E-state index in [4.69, 9.17) is 0 Å². The van der Waals surface area contributed by atoms with E-state index in [0.717, 1.165) is 19.4 Å². The molecule has 1 aromatic rings. The number of alkyl halides is 3. The number of para-hydroxylation sites is 1. The zero-order valence-electron chi connectivity index (χ0n) is 8.96. The zero-order chi connectivity index (χ0) is 11.6. The van der Waals surface area contributed by atoms with Gasteiger partial charge in [0.1, 0.15) is 5.75 Å². The van der Waals surface area contributed by atoms with Crippen molar-refractivity contribution < 1.29 is 17.9 Å². The van der Waals surface area contributed by atoms with Gasteiger partial charge >= 0.3 is 6.36 Å². The summed E-state index contributed by atoms with van der Waals surface area (Å²) in [5.41, 5.74) is 0.581. The summed E-state index contributed by atoms with van der Waals surface area (Å²) < 4.78 is 40.5. The Balaban J connectivity index is 0.00000144. The molecular formula is C11H13ClF3NO. The van der Waals surface area contributed by atoms with E-state index in [2.05, 4.69) is 10.1 Å². The summed E-state index contributed by atoms with van der Waals surface area (Å²) in [6.45, 7) is 0.838. The van der Waals surface area contributed by atoms with Gasteiger partial charge in [0.15, 0.2) is 0 Å². The number of rotatable bonds is 2. The maximum Gasteiger partial charge on any atom is 0.573 e. The van der Waals surface area contributed by atoms with Crippen molar-refractivity contribution in [2.75, 3.05) is 6.54 Å². The molecule has 0 bridgehead atoms. The average molecular weight is 268 g/mol. The Labute approximate surface area is 104 Å². The molecule has 0 aliphatic carbocycles. The van der Waals surface area contributed by atoms with Gasteiger partial charge in [0.2, 0.25) is 0 Å². The maximum atomic E-state index is 12.2. The predicted molar refractivity (Wildman–Crippen MR) is 60.4 cm³/mol. The van der Waals surface area contributed by atoms with Crippen LogP contribution in [0.5, 0.6) is 5.75 Å². The Hall–Kier alpha value is -0.940. The van der Waals surface area contributed by atoms with Crippen LogP contribution in [0.25, 0.3) is 0 Å². The van der Waals surface area contributed by atoms with E-state index < -0.39 is 6.36 Å². The van der Waals surface area contributed by atoms with Crippen LogP contribution in [-0.4, -0.2) is 12.9 Å². The quantitative estimate of drug-likeness (QED) is 0.886. The highest BCUT2D eigenvalue weighted by molar-refractivity contribution is 5.85. The molecule has 1 N–H and O–H groups in total. The summed E-state index contributed by atoms with van der Waals surface area (Å²) in [5.74, 6) is -0.102. The van der Waals surface area contributed by atoms with Crippen LogP contribution in [-0.2, 0) is 0 Å². The van der Waals surface area contributed by atoms with Crippen LogP contribution in [0.3, 0.4) is 0 Å². The van der Waals surface area contributed by atoms with Crippen LogP contribution in [0.2, 0.25) is 0 Å². The Morgan fingerprint density at radius 2 is 1.94 bits per heavy atom. The lowest BCUT2D eigenvalue weighted by molar-refractivity contribution is -0.275. The van der Waals surface area contributed by atoms with Crippen molar-refractivity contribution >= 4 is 12.4 Å². The topological polar surface area (TPSA) is 21.3 Å². The lowest BCUT2D eigenvalue weighted by atomic mass is 10.0. The van der Waals surface area contributed by atoms with Gasteiger partial charge in [-0.3, -0.25) is 0 Å². The van der Waals surface area contributed by atoms with Crippen LogP contribution < -0.4 is 10.1 Å². The van der Waals surface area contributed by atoms with Gasteiger partial charge in [-0.05, 0) is 25.5 Å². The average Bonchev–Trinajstić information content (AvgIpc) is 2.69. The van der Waals surface area contributed by atoms with E-state index in [1.54, 1.807) is 18.2 Å². The first-order chi connectivity index (χ1) is 7.56. The number of hydrogen-bond donors (Lipinski definition) is 1.